The summed E-state index contributed by atoms with van der Waals surface area (Å²) >= 11 is 0. The molecule has 20 heavy (non-hydrogen) atoms. The summed E-state index contributed by atoms with van der Waals surface area (Å²) in [5, 5.41) is 11.6. The van der Waals surface area contributed by atoms with Gasteiger partial charge in [0.25, 0.3) is 5.91 Å². The number of aromatic carboxylic acids is 1. The molecule has 0 fully saturated rings. The third-order valence-corrected chi connectivity index (χ3v) is 2.97. The fraction of sp³-hybridized carbons (Fsp3) is 0.429. The zero-order valence-corrected chi connectivity index (χ0v) is 11.7. The normalized spacial score (nSPS) is 10.3. The van der Waals surface area contributed by atoms with Gasteiger partial charge in [0.05, 0.1) is 11.3 Å². The highest BCUT2D eigenvalue weighted by Crippen LogP contribution is 2.22. The number of nitrogens with two attached hydrogens (primary N) is 1. The van der Waals surface area contributed by atoms with E-state index < -0.39 is 5.97 Å². The van der Waals surface area contributed by atoms with Crippen LogP contribution in [0.2, 0.25) is 0 Å². The Hall–Kier alpha value is -2.24. The number of carbonyl (C=O) groups excluding carboxylic acids is 1. The molecule has 1 aromatic rings. The molecule has 0 aliphatic rings. The molecule has 0 saturated heterocycles. The maximum atomic E-state index is 11.7. The predicted octanol–water partition coefficient (Wildman–Crippen LogP) is 1.65. The van der Waals surface area contributed by atoms with Crippen LogP contribution in [0.3, 0.4) is 0 Å². The minimum atomic E-state index is -1.06. The first kappa shape index (κ1) is 15.8. The van der Waals surface area contributed by atoms with Gasteiger partial charge >= 0.3 is 5.97 Å². The van der Waals surface area contributed by atoms with Gasteiger partial charge < -0.3 is 20.9 Å². The molecule has 0 atom stereocenters. The molecule has 110 valence electrons. The molecule has 1 rings (SSSR count). The van der Waals surface area contributed by atoms with Crippen molar-refractivity contribution in [2.24, 2.45) is 0 Å². The number of carboxylic acids is 1. The molecule has 1 aromatic carbocycles. The number of amides is 1. The molecule has 0 bridgehead atoms. The van der Waals surface area contributed by atoms with Crippen LogP contribution in [-0.2, 0) is 4.79 Å². The van der Waals surface area contributed by atoms with Crippen molar-refractivity contribution in [3.05, 3.63) is 23.8 Å². The first-order chi connectivity index (χ1) is 9.47. The number of carboxylic acid groups (broad SMARTS) is 1. The minimum absolute atomic E-state index is 0.0799. The predicted molar refractivity (Wildman–Crippen MR) is 75.8 cm³/mol. The first-order valence-corrected chi connectivity index (χ1v) is 6.52. The molecule has 1 amide bonds. The number of hydrogen-bond acceptors (Lipinski definition) is 4. The van der Waals surface area contributed by atoms with E-state index >= 15 is 0 Å². The smallest absolute Gasteiger partial charge is 0.335 e. The standard InChI is InChI=1S/C14H20N2O4/c1-3-10(4-2)16-13(17)8-20-12-6-5-9(14(18)19)7-11(12)15/h5-7,10H,3-4,8,15H2,1-2H3,(H,16,17)(H,18,19). The van der Waals surface area contributed by atoms with Gasteiger partial charge in [-0.2, -0.15) is 0 Å². The maximum absolute atomic E-state index is 11.7. The Bertz CT molecular complexity index is 484. The van der Waals surface area contributed by atoms with Crippen LogP contribution < -0.4 is 15.8 Å². The SMILES string of the molecule is CCC(CC)NC(=O)COc1ccc(C(=O)O)cc1N. The number of carbonyl (C=O) groups is 2. The molecule has 0 aliphatic carbocycles. The molecule has 0 aromatic heterocycles. The monoisotopic (exact) mass is 280 g/mol. The van der Waals surface area contributed by atoms with Crippen LogP contribution >= 0.6 is 0 Å². The molecule has 0 heterocycles. The summed E-state index contributed by atoms with van der Waals surface area (Å²) in [6.07, 6.45) is 1.72. The van der Waals surface area contributed by atoms with Crippen LogP contribution in [0.25, 0.3) is 0 Å². The van der Waals surface area contributed by atoms with Crippen molar-refractivity contribution in [2.45, 2.75) is 32.7 Å². The number of rotatable bonds is 7. The molecule has 0 saturated carbocycles. The van der Waals surface area contributed by atoms with Crippen LogP contribution in [0.15, 0.2) is 18.2 Å². The van der Waals surface area contributed by atoms with Crippen LogP contribution in [-0.4, -0.2) is 29.6 Å². The number of anilines is 1. The van der Waals surface area contributed by atoms with Gasteiger partial charge in [0.15, 0.2) is 6.61 Å². The second-order valence-electron chi connectivity index (χ2n) is 4.43. The van der Waals surface area contributed by atoms with E-state index in [1.54, 1.807) is 0 Å². The summed E-state index contributed by atoms with van der Waals surface area (Å²) in [6.45, 7) is 3.85. The highest BCUT2D eigenvalue weighted by molar-refractivity contribution is 5.89. The van der Waals surface area contributed by atoms with Crippen LogP contribution in [0.1, 0.15) is 37.0 Å². The summed E-state index contributed by atoms with van der Waals surface area (Å²) in [7, 11) is 0. The number of hydrogen-bond donors (Lipinski definition) is 3. The van der Waals surface area contributed by atoms with E-state index in [9.17, 15) is 9.59 Å². The summed E-state index contributed by atoms with van der Waals surface area (Å²) < 4.78 is 5.29. The van der Waals surface area contributed by atoms with E-state index in [1.807, 2.05) is 13.8 Å². The minimum Gasteiger partial charge on any atom is -0.482 e. The summed E-state index contributed by atoms with van der Waals surface area (Å²) in [5.74, 6) is -0.982. The molecular weight excluding hydrogens is 260 g/mol. The van der Waals surface area contributed by atoms with Crippen molar-refractivity contribution >= 4 is 17.6 Å². The number of benzene rings is 1. The van der Waals surface area contributed by atoms with E-state index in [-0.39, 0.29) is 29.8 Å². The molecule has 0 spiro atoms. The third-order valence-electron chi connectivity index (χ3n) is 2.97. The molecule has 4 N–H and O–H groups in total. The van der Waals surface area contributed by atoms with Gasteiger partial charge in [-0.1, -0.05) is 13.8 Å². The first-order valence-electron chi connectivity index (χ1n) is 6.52. The van der Waals surface area contributed by atoms with Crippen LogP contribution in [0, 0.1) is 0 Å². The molecule has 6 nitrogen and oxygen atoms in total. The third kappa shape index (κ3) is 4.46. The molecule has 0 radical (unpaired) electrons. The Morgan fingerprint density at radius 3 is 2.50 bits per heavy atom. The van der Waals surface area contributed by atoms with Gasteiger partial charge in [-0.05, 0) is 31.0 Å². The molecule has 0 unspecified atom stereocenters. The van der Waals surface area contributed by atoms with Gasteiger partial charge in [-0.3, -0.25) is 4.79 Å². The Morgan fingerprint density at radius 1 is 1.35 bits per heavy atom. The van der Waals surface area contributed by atoms with Gasteiger partial charge in [0, 0.05) is 6.04 Å². The maximum Gasteiger partial charge on any atom is 0.335 e. The summed E-state index contributed by atoms with van der Waals surface area (Å²) in [6, 6.07) is 4.27. The highest BCUT2D eigenvalue weighted by atomic mass is 16.5. The van der Waals surface area contributed by atoms with E-state index in [4.69, 9.17) is 15.6 Å². The zero-order chi connectivity index (χ0) is 15.1. The Balaban J connectivity index is 2.57. The zero-order valence-electron chi connectivity index (χ0n) is 11.7. The average Bonchev–Trinajstić information content (AvgIpc) is 2.43. The van der Waals surface area contributed by atoms with Gasteiger partial charge in [0.2, 0.25) is 0 Å². The summed E-state index contributed by atoms with van der Waals surface area (Å²) in [4.78, 5) is 22.4. The van der Waals surface area contributed by atoms with Crippen LogP contribution in [0.4, 0.5) is 5.69 Å². The lowest BCUT2D eigenvalue weighted by molar-refractivity contribution is -0.123. The van der Waals surface area contributed by atoms with Crippen LogP contribution in [0.5, 0.6) is 5.75 Å². The lowest BCUT2D eigenvalue weighted by Crippen LogP contribution is -2.37. The largest absolute Gasteiger partial charge is 0.482 e. The fourth-order valence-corrected chi connectivity index (χ4v) is 1.72. The molecule has 0 aliphatic heterocycles. The van der Waals surface area contributed by atoms with Gasteiger partial charge in [-0.15, -0.1) is 0 Å². The van der Waals surface area contributed by atoms with Gasteiger partial charge in [0.1, 0.15) is 5.75 Å². The fourth-order valence-electron chi connectivity index (χ4n) is 1.72. The Morgan fingerprint density at radius 2 is 2.00 bits per heavy atom. The highest BCUT2D eigenvalue weighted by Gasteiger charge is 2.11. The van der Waals surface area contributed by atoms with Crippen molar-refractivity contribution in [1.29, 1.82) is 0 Å². The summed E-state index contributed by atoms with van der Waals surface area (Å²) in [5.41, 5.74) is 5.95. The molecule has 6 heteroatoms. The van der Waals surface area contributed by atoms with Crippen molar-refractivity contribution < 1.29 is 19.4 Å². The van der Waals surface area contributed by atoms with E-state index in [1.165, 1.54) is 18.2 Å². The lowest BCUT2D eigenvalue weighted by atomic mass is 10.2. The lowest BCUT2D eigenvalue weighted by Gasteiger charge is -2.15. The Kier molecular flexibility index (Phi) is 5.83. The second kappa shape index (κ2) is 7.37. The van der Waals surface area contributed by atoms with Crippen molar-refractivity contribution in [3.63, 3.8) is 0 Å². The molecular formula is C14H20N2O4. The second-order valence-corrected chi connectivity index (χ2v) is 4.43. The van der Waals surface area contributed by atoms with E-state index in [0.717, 1.165) is 12.8 Å². The van der Waals surface area contributed by atoms with Crippen molar-refractivity contribution in [1.82, 2.24) is 5.32 Å². The average molecular weight is 280 g/mol. The van der Waals surface area contributed by atoms with E-state index in [2.05, 4.69) is 5.32 Å². The number of nitrogen functional groups attached to an aromatic ring is 1. The van der Waals surface area contributed by atoms with Crippen molar-refractivity contribution in [3.8, 4) is 5.75 Å². The number of ether oxygens (including phenoxy) is 1. The van der Waals surface area contributed by atoms with Crippen molar-refractivity contribution in [2.75, 3.05) is 12.3 Å². The van der Waals surface area contributed by atoms with Gasteiger partial charge in [-0.25, -0.2) is 4.79 Å². The Labute approximate surface area is 117 Å². The van der Waals surface area contributed by atoms with E-state index in [0.29, 0.717) is 5.75 Å². The number of nitrogens with one attached hydrogen (secondary N) is 1. The quantitative estimate of drug-likeness (QED) is 0.659. The topological polar surface area (TPSA) is 102 Å².